The van der Waals surface area contributed by atoms with E-state index < -0.39 is 5.97 Å². The summed E-state index contributed by atoms with van der Waals surface area (Å²) in [6.07, 6.45) is 0. The number of nitrogens with zero attached hydrogens (tertiary/aromatic N) is 1. The summed E-state index contributed by atoms with van der Waals surface area (Å²) in [6, 6.07) is 13.1. The van der Waals surface area contributed by atoms with Crippen LogP contribution >= 0.6 is 11.3 Å². The van der Waals surface area contributed by atoms with Crippen LogP contribution in [0.4, 0.5) is 5.69 Å². The van der Waals surface area contributed by atoms with Gasteiger partial charge in [0.15, 0.2) is 0 Å². The Bertz CT molecular complexity index is 762. The third-order valence-electron chi connectivity index (χ3n) is 3.07. The molecule has 0 aliphatic heterocycles. The van der Waals surface area contributed by atoms with Gasteiger partial charge in [0.1, 0.15) is 5.01 Å². The maximum Gasteiger partial charge on any atom is 0.337 e. The van der Waals surface area contributed by atoms with E-state index in [-0.39, 0.29) is 5.56 Å². The average molecular weight is 284 g/mol. The van der Waals surface area contributed by atoms with Gasteiger partial charge in [0.2, 0.25) is 0 Å². The van der Waals surface area contributed by atoms with Gasteiger partial charge in [-0.2, -0.15) is 0 Å². The van der Waals surface area contributed by atoms with Crippen LogP contribution in [0.15, 0.2) is 42.5 Å². The van der Waals surface area contributed by atoms with Gasteiger partial charge in [-0.05, 0) is 24.3 Å². The molecule has 3 rings (SSSR count). The van der Waals surface area contributed by atoms with E-state index in [2.05, 4.69) is 10.3 Å². The van der Waals surface area contributed by atoms with Crippen molar-refractivity contribution < 1.29 is 9.90 Å². The summed E-state index contributed by atoms with van der Waals surface area (Å²) in [7, 11) is 1.72. The molecule has 3 aromatic rings. The number of aromatic nitrogens is 1. The van der Waals surface area contributed by atoms with E-state index >= 15 is 0 Å². The summed E-state index contributed by atoms with van der Waals surface area (Å²) in [4.78, 5) is 15.9. The van der Waals surface area contributed by atoms with Crippen molar-refractivity contribution in [2.24, 2.45) is 0 Å². The summed E-state index contributed by atoms with van der Waals surface area (Å²) in [5, 5.41) is 13.0. The molecular formula is C15H12N2O2S. The number of carboxylic acid groups (broad SMARTS) is 1. The summed E-state index contributed by atoms with van der Waals surface area (Å²) in [5.41, 5.74) is 2.59. The van der Waals surface area contributed by atoms with E-state index in [1.165, 1.54) is 0 Å². The molecule has 4 nitrogen and oxygen atoms in total. The highest BCUT2D eigenvalue weighted by Crippen LogP contribution is 2.35. The van der Waals surface area contributed by atoms with E-state index in [0.29, 0.717) is 5.69 Å². The second kappa shape index (κ2) is 4.94. The molecule has 0 aliphatic carbocycles. The number of hydrogen-bond donors (Lipinski definition) is 2. The van der Waals surface area contributed by atoms with Crippen LogP contribution in [0.2, 0.25) is 0 Å². The van der Waals surface area contributed by atoms with Gasteiger partial charge in [-0.1, -0.05) is 18.2 Å². The molecule has 0 aliphatic rings. The zero-order chi connectivity index (χ0) is 14.1. The van der Waals surface area contributed by atoms with Crippen LogP contribution in [0.25, 0.3) is 20.8 Å². The van der Waals surface area contributed by atoms with Gasteiger partial charge < -0.3 is 10.4 Å². The quantitative estimate of drug-likeness (QED) is 0.769. The minimum absolute atomic E-state index is 0.254. The molecule has 20 heavy (non-hydrogen) atoms. The Balaban J connectivity index is 2.23. The topological polar surface area (TPSA) is 62.2 Å². The van der Waals surface area contributed by atoms with E-state index in [1.54, 1.807) is 30.5 Å². The number of nitrogens with one attached hydrogen (secondary N) is 1. The molecule has 100 valence electrons. The van der Waals surface area contributed by atoms with Crippen molar-refractivity contribution in [1.29, 1.82) is 0 Å². The number of benzene rings is 2. The number of rotatable bonds is 3. The predicted molar refractivity (Wildman–Crippen MR) is 81.6 cm³/mol. The van der Waals surface area contributed by atoms with E-state index in [1.807, 2.05) is 30.3 Å². The molecule has 1 aromatic heterocycles. The van der Waals surface area contributed by atoms with Gasteiger partial charge in [0.25, 0.3) is 0 Å². The summed E-state index contributed by atoms with van der Waals surface area (Å²) in [5.74, 6) is -0.947. The SMILES string of the molecule is CNc1c(C(=O)O)cccc1-c1nc2ccccc2s1. The predicted octanol–water partition coefficient (Wildman–Crippen LogP) is 3.70. The molecule has 2 aromatic carbocycles. The van der Waals surface area contributed by atoms with Crippen LogP contribution in [-0.4, -0.2) is 23.1 Å². The molecule has 2 N–H and O–H groups in total. The van der Waals surface area contributed by atoms with Gasteiger partial charge in [-0.3, -0.25) is 0 Å². The van der Waals surface area contributed by atoms with E-state index in [4.69, 9.17) is 0 Å². The van der Waals surface area contributed by atoms with Crippen LogP contribution in [0.3, 0.4) is 0 Å². The van der Waals surface area contributed by atoms with Gasteiger partial charge in [0, 0.05) is 12.6 Å². The Morgan fingerprint density at radius 1 is 1.20 bits per heavy atom. The summed E-state index contributed by atoms with van der Waals surface area (Å²) in [6.45, 7) is 0. The Morgan fingerprint density at radius 3 is 2.70 bits per heavy atom. The molecule has 0 radical (unpaired) electrons. The molecule has 0 fully saturated rings. The van der Waals surface area contributed by atoms with Gasteiger partial charge >= 0.3 is 5.97 Å². The maximum atomic E-state index is 11.3. The molecule has 0 saturated carbocycles. The highest BCUT2D eigenvalue weighted by molar-refractivity contribution is 7.21. The number of para-hydroxylation sites is 2. The number of carbonyl (C=O) groups is 1. The lowest BCUT2D eigenvalue weighted by atomic mass is 10.1. The first kappa shape index (κ1) is 12.6. The first-order valence-corrected chi connectivity index (χ1v) is 6.92. The van der Waals surface area contributed by atoms with Crippen LogP contribution in [0, 0.1) is 0 Å². The zero-order valence-electron chi connectivity index (χ0n) is 10.8. The number of carboxylic acids is 1. The fourth-order valence-corrected chi connectivity index (χ4v) is 3.16. The summed E-state index contributed by atoms with van der Waals surface area (Å²) >= 11 is 1.56. The fourth-order valence-electron chi connectivity index (χ4n) is 2.17. The van der Waals surface area contributed by atoms with Crippen LogP contribution in [-0.2, 0) is 0 Å². The van der Waals surface area contributed by atoms with Crippen molar-refractivity contribution in [2.45, 2.75) is 0 Å². The molecule has 0 saturated heterocycles. The van der Waals surface area contributed by atoms with Crippen LogP contribution < -0.4 is 5.32 Å². The number of anilines is 1. The van der Waals surface area contributed by atoms with Crippen molar-refractivity contribution >= 4 is 33.2 Å². The van der Waals surface area contributed by atoms with Gasteiger partial charge in [0.05, 0.1) is 21.5 Å². The lowest BCUT2D eigenvalue weighted by molar-refractivity contribution is 0.0698. The average Bonchev–Trinajstić information content (AvgIpc) is 2.89. The molecule has 0 unspecified atom stereocenters. The first-order chi connectivity index (χ1) is 9.70. The third kappa shape index (κ3) is 2.02. The normalized spacial score (nSPS) is 10.7. The fraction of sp³-hybridized carbons (Fsp3) is 0.0667. The Kier molecular flexibility index (Phi) is 3.12. The molecular weight excluding hydrogens is 272 g/mol. The lowest BCUT2D eigenvalue weighted by Gasteiger charge is -2.09. The highest BCUT2D eigenvalue weighted by Gasteiger charge is 2.16. The highest BCUT2D eigenvalue weighted by atomic mass is 32.1. The van der Waals surface area contributed by atoms with E-state index in [9.17, 15) is 9.90 Å². The second-order valence-electron chi connectivity index (χ2n) is 4.27. The Morgan fingerprint density at radius 2 is 2.00 bits per heavy atom. The second-order valence-corrected chi connectivity index (χ2v) is 5.30. The Hall–Kier alpha value is -2.40. The minimum Gasteiger partial charge on any atom is -0.478 e. The smallest absolute Gasteiger partial charge is 0.337 e. The van der Waals surface area contributed by atoms with Crippen molar-refractivity contribution in [2.75, 3.05) is 12.4 Å². The van der Waals surface area contributed by atoms with Gasteiger partial charge in [-0.15, -0.1) is 11.3 Å². The zero-order valence-corrected chi connectivity index (χ0v) is 11.6. The molecule has 0 atom stereocenters. The molecule has 1 heterocycles. The van der Waals surface area contributed by atoms with Gasteiger partial charge in [-0.25, -0.2) is 9.78 Å². The first-order valence-electron chi connectivity index (χ1n) is 6.10. The maximum absolute atomic E-state index is 11.3. The standard InChI is InChI=1S/C15H12N2O2S/c1-16-13-9(5-4-6-10(13)15(18)19)14-17-11-7-2-3-8-12(11)20-14/h2-8,16H,1H3,(H,18,19). The third-order valence-corrected chi connectivity index (χ3v) is 4.14. The summed E-state index contributed by atoms with van der Waals surface area (Å²) < 4.78 is 1.09. The molecule has 5 heteroatoms. The van der Waals surface area contributed by atoms with E-state index in [0.717, 1.165) is 20.8 Å². The lowest BCUT2D eigenvalue weighted by Crippen LogP contribution is -2.03. The molecule has 0 bridgehead atoms. The number of fused-ring (bicyclic) bond motifs is 1. The molecule has 0 amide bonds. The number of thiazole rings is 1. The van der Waals surface area contributed by atoms with Crippen LogP contribution in [0.5, 0.6) is 0 Å². The van der Waals surface area contributed by atoms with Crippen molar-refractivity contribution in [3.63, 3.8) is 0 Å². The Labute approximate surface area is 119 Å². The number of hydrogen-bond acceptors (Lipinski definition) is 4. The minimum atomic E-state index is -0.947. The monoisotopic (exact) mass is 284 g/mol. The largest absolute Gasteiger partial charge is 0.478 e. The number of aromatic carboxylic acids is 1. The van der Waals surface area contributed by atoms with Crippen molar-refractivity contribution in [3.05, 3.63) is 48.0 Å². The molecule has 0 spiro atoms. The van der Waals surface area contributed by atoms with Crippen molar-refractivity contribution in [1.82, 2.24) is 4.98 Å². The van der Waals surface area contributed by atoms with Crippen molar-refractivity contribution in [3.8, 4) is 10.6 Å². The van der Waals surface area contributed by atoms with Crippen LogP contribution in [0.1, 0.15) is 10.4 Å².